The second-order valence-corrected chi connectivity index (χ2v) is 5.03. The first kappa shape index (κ1) is 11.2. The average Bonchev–Trinajstić information content (AvgIpc) is 2.61. The van der Waals surface area contributed by atoms with E-state index in [4.69, 9.17) is 11.6 Å². The molecule has 0 aromatic heterocycles. The van der Waals surface area contributed by atoms with Gasteiger partial charge in [-0.2, -0.15) is 0 Å². The van der Waals surface area contributed by atoms with E-state index in [0.29, 0.717) is 30.0 Å². The van der Waals surface area contributed by atoms with Gasteiger partial charge < -0.3 is 10.2 Å². The van der Waals surface area contributed by atoms with Crippen LogP contribution in [0.1, 0.15) is 19.3 Å². The number of rotatable bonds is 3. The van der Waals surface area contributed by atoms with Crippen molar-refractivity contribution in [1.82, 2.24) is 10.2 Å². The first-order valence-corrected chi connectivity index (χ1v) is 6.37. The van der Waals surface area contributed by atoms with Crippen LogP contribution in [0.3, 0.4) is 0 Å². The van der Waals surface area contributed by atoms with Crippen LogP contribution in [-0.4, -0.2) is 42.9 Å². The Morgan fingerprint density at radius 2 is 2.07 bits per heavy atom. The third kappa shape index (κ3) is 2.85. The number of alkyl halides is 1. The van der Waals surface area contributed by atoms with Gasteiger partial charge in [-0.15, -0.1) is 11.6 Å². The van der Waals surface area contributed by atoms with Crippen molar-refractivity contribution in [3.05, 3.63) is 0 Å². The van der Waals surface area contributed by atoms with Crippen molar-refractivity contribution in [2.75, 3.05) is 32.1 Å². The van der Waals surface area contributed by atoms with E-state index >= 15 is 0 Å². The molecular formula is C11H19ClN2O. The Balaban J connectivity index is 1.81. The van der Waals surface area contributed by atoms with E-state index in [2.05, 4.69) is 5.32 Å². The van der Waals surface area contributed by atoms with Crippen molar-refractivity contribution >= 4 is 17.5 Å². The molecule has 0 aromatic carbocycles. The van der Waals surface area contributed by atoms with Crippen LogP contribution < -0.4 is 5.32 Å². The number of hydrogen-bond donors (Lipinski definition) is 1. The Labute approximate surface area is 96.2 Å². The highest BCUT2D eigenvalue weighted by Gasteiger charge is 2.30. The number of hydrogen-bond acceptors (Lipinski definition) is 2. The molecule has 2 heterocycles. The molecule has 1 atom stereocenters. The quantitative estimate of drug-likeness (QED) is 0.736. The number of likely N-dealkylation sites (tertiary alicyclic amines) is 1. The molecule has 15 heavy (non-hydrogen) atoms. The van der Waals surface area contributed by atoms with E-state index in [-0.39, 0.29) is 0 Å². The summed E-state index contributed by atoms with van der Waals surface area (Å²) in [5.41, 5.74) is 0. The molecule has 1 amide bonds. The predicted octanol–water partition coefficient (Wildman–Crippen LogP) is 1.07. The minimum atomic E-state index is 0.305. The third-order valence-electron chi connectivity index (χ3n) is 3.45. The minimum absolute atomic E-state index is 0.305. The van der Waals surface area contributed by atoms with Crippen molar-refractivity contribution in [3.8, 4) is 0 Å². The van der Waals surface area contributed by atoms with Gasteiger partial charge in [-0.3, -0.25) is 4.79 Å². The molecule has 1 N–H and O–H groups in total. The van der Waals surface area contributed by atoms with Crippen LogP contribution in [0.5, 0.6) is 0 Å². The van der Waals surface area contributed by atoms with Crippen molar-refractivity contribution < 1.29 is 4.79 Å². The number of piperidine rings is 1. The average molecular weight is 231 g/mol. The minimum Gasteiger partial charge on any atom is -0.342 e. The number of nitrogens with zero attached hydrogens (tertiary/aromatic N) is 1. The van der Waals surface area contributed by atoms with Gasteiger partial charge in [-0.1, -0.05) is 0 Å². The molecule has 0 bridgehead atoms. The second-order valence-electron chi connectivity index (χ2n) is 4.72. The monoisotopic (exact) mass is 230 g/mol. The molecule has 0 radical (unpaired) electrons. The second kappa shape index (κ2) is 5.17. The maximum Gasteiger partial charge on any atom is 0.222 e. The highest BCUT2D eigenvalue weighted by molar-refractivity contribution is 6.18. The lowest BCUT2D eigenvalue weighted by atomic mass is 9.98. The molecule has 2 fully saturated rings. The van der Waals surface area contributed by atoms with Gasteiger partial charge in [0.15, 0.2) is 0 Å². The van der Waals surface area contributed by atoms with Crippen LogP contribution in [0.25, 0.3) is 0 Å². The zero-order chi connectivity index (χ0) is 10.7. The molecule has 2 aliphatic heterocycles. The number of carbonyl (C=O) groups is 1. The van der Waals surface area contributed by atoms with E-state index in [1.54, 1.807) is 0 Å². The van der Waals surface area contributed by atoms with Gasteiger partial charge in [0.25, 0.3) is 0 Å². The van der Waals surface area contributed by atoms with E-state index in [9.17, 15) is 4.79 Å². The summed E-state index contributed by atoms with van der Waals surface area (Å²) in [4.78, 5) is 13.7. The summed E-state index contributed by atoms with van der Waals surface area (Å²) in [6.07, 6.45) is 3.07. The molecule has 0 aromatic rings. The lowest BCUT2D eigenvalue weighted by molar-refractivity contribution is -0.128. The van der Waals surface area contributed by atoms with Crippen LogP contribution in [0, 0.1) is 11.8 Å². The summed E-state index contributed by atoms with van der Waals surface area (Å²) in [5, 5.41) is 3.35. The number of amides is 1. The Morgan fingerprint density at radius 3 is 2.67 bits per heavy atom. The van der Waals surface area contributed by atoms with Gasteiger partial charge in [0.1, 0.15) is 0 Å². The van der Waals surface area contributed by atoms with Gasteiger partial charge in [-0.05, 0) is 37.8 Å². The summed E-state index contributed by atoms with van der Waals surface area (Å²) in [6, 6.07) is 0. The van der Waals surface area contributed by atoms with Crippen molar-refractivity contribution in [2.45, 2.75) is 19.3 Å². The number of nitrogens with one attached hydrogen (secondary N) is 1. The topological polar surface area (TPSA) is 32.3 Å². The fraction of sp³-hybridized carbons (Fsp3) is 0.909. The lowest BCUT2D eigenvalue weighted by Gasteiger charge is -2.27. The normalized spacial score (nSPS) is 28.7. The smallest absolute Gasteiger partial charge is 0.222 e. The molecule has 1 unspecified atom stereocenters. The molecule has 3 nitrogen and oxygen atoms in total. The summed E-state index contributed by atoms with van der Waals surface area (Å²) < 4.78 is 0. The molecule has 2 rings (SSSR count). The largest absolute Gasteiger partial charge is 0.342 e. The van der Waals surface area contributed by atoms with Crippen molar-refractivity contribution in [3.63, 3.8) is 0 Å². The van der Waals surface area contributed by atoms with Gasteiger partial charge in [0.2, 0.25) is 5.91 Å². The molecule has 86 valence electrons. The van der Waals surface area contributed by atoms with Crippen LogP contribution in [0.15, 0.2) is 0 Å². The van der Waals surface area contributed by atoms with Crippen LogP contribution in [-0.2, 0) is 4.79 Å². The SMILES string of the molecule is O=C1CC(CCl)CN1CC1CCNCC1. The molecule has 0 saturated carbocycles. The first-order valence-electron chi connectivity index (χ1n) is 5.84. The van der Waals surface area contributed by atoms with Crippen LogP contribution in [0.4, 0.5) is 0 Å². The number of carbonyl (C=O) groups excluding carboxylic acids is 1. The van der Waals surface area contributed by atoms with Gasteiger partial charge >= 0.3 is 0 Å². The Kier molecular flexibility index (Phi) is 3.87. The molecule has 2 aliphatic rings. The summed E-state index contributed by atoms with van der Waals surface area (Å²) in [6.45, 7) is 4.04. The number of halogens is 1. The molecule has 0 spiro atoms. The van der Waals surface area contributed by atoms with Crippen molar-refractivity contribution in [2.24, 2.45) is 11.8 Å². The van der Waals surface area contributed by atoms with Gasteiger partial charge in [0.05, 0.1) is 0 Å². The summed E-state index contributed by atoms with van der Waals surface area (Å²) in [5.74, 6) is 2.01. The van der Waals surface area contributed by atoms with Gasteiger partial charge in [0, 0.05) is 25.4 Å². The molecule has 0 aliphatic carbocycles. The maximum absolute atomic E-state index is 11.7. The maximum atomic E-state index is 11.7. The molecular weight excluding hydrogens is 212 g/mol. The zero-order valence-electron chi connectivity index (χ0n) is 9.04. The van der Waals surface area contributed by atoms with Gasteiger partial charge in [-0.25, -0.2) is 0 Å². The fourth-order valence-electron chi connectivity index (χ4n) is 2.51. The Morgan fingerprint density at radius 1 is 1.33 bits per heavy atom. The Hall–Kier alpha value is -0.280. The van der Waals surface area contributed by atoms with E-state index in [1.807, 2.05) is 4.90 Å². The summed E-state index contributed by atoms with van der Waals surface area (Å²) >= 11 is 5.79. The standard InChI is InChI=1S/C11H19ClN2O/c12-6-10-5-11(15)14(8-10)7-9-1-3-13-4-2-9/h9-10,13H,1-8H2. The highest BCUT2D eigenvalue weighted by atomic mass is 35.5. The lowest BCUT2D eigenvalue weighted by Crippen LogP contribution is -2.37. The third-order valence-corrected chi connectivity index (χ3v) is 3.89. The molecule has 4 heteroatoms. The van der Waals surface area contributed by atoms with E-state index < -0.39 is 0 Å². The van der Waals surface area contributed by atoms with Crippen LogP contribution >= 0.6 is 11.6 Å². The summed E-state index contributed by atoms with van der Waals surface area (Å²) in [7, 11) is 0. The predicted molar refractivity (Wildman–Crippen MR) is 61.0 cm³/mol. The molecule has 2 saturated heterocycles. The first-order chi connectivity index (χ1) is 7.29. The van der Waals surface area contributed by atoms with E-state index in [0.717, 1.165) is 26.2 Å². The van der Waals surface area contributed by atoms with Crippen LogP contribution in [0.2, 0.25) is 0 Å². The van der Waals surface area contributed by atoms with E-state index in [1.165, 1.54) is 12.8 Å². The highest BCUT2D eigenvalue weighted by Crippen LogP contribution is 2.22. The zero-order valence-corrected chi connectivity index (χ0v) is 9.80. The van der Waals surface area contributed by atoms with Crippen molar-refractivity contribution in [1.29, 1.82) is 0 Å². The fourth-order valence-corrected chi connectivity index (χ4v) is 2.72. The Bertz CT molecular complexity index is 229.